The fourth-order valence-corrected chi connectivity index (χ4v) is 2.90. The fraction of sp³-hybridized carbons (Fsp3) is 0.364. The Kier molecular flexibility index (Phi) is 7.49. The Labute approximate surface area is 194 Å². The lowest BCUT2D eigenvalue weighted by atomic mass is 10.1. The average molecular weight is 477 g/mol. The number of ether oxygens (including phenoxy) is 4. The van der Waals surface area contributed by atoms with Gasteiger partial charge in [-0.3, -0.25) is 4.68 Å². The molecule has 12 heteroatoms. The molecule has 3 rings (SSSR count). The van der Waals surface area contributed by atoms with Crippen LogP contribution in [-0.2, 0) is 21.7 Å². The van der Waals surface area contributed by atoms with Gasteiger partial charge in [0.1, 0.15) is 6.61 Å². The molecule has 1 aromatic carbocycles. The molecule has 34 heavy (non-hydrogen) atoms. The van der Waals surface area contributed by atoms with Gasteiger partial charge in [0.05, 0.1) is 50.7 Å². The van der Waals surface area contributed by atoms with Gasteiger partial charge >= 0.3 is 5.97 Å². The fourth-order valence-electron chi connectivity index (χ4n) is 2.90. The summed E-state index contributed by atoms with van der Waals surface area (Å²) in [5.41, 5.74) is -0.810. The van der Waals surface area contributed by atoms with Crippen LogP contribution in [0.5, 0.6) is 17.2 Å². The molecule has 2 heterocycles. The topological polar surface area (TPSA) is 110 Å². The first-order valence-corrected chi connectivity index (χ1v) is 10.2. The summed E-state index contributed by atoms with van der Waals surface area (Å²) in [7, 11) is 2.53. The van der Waals surface area contributed by atoms with Gasteiger partial charge in [-0.15, -0.1) is 0 Å². The van der Waals surface area contributed by atoms with E-state index in [-0.39, 0.29) is 35.4 Å². The van der Waals surface area contributed by atoms with Crippen molar-refractivity contribution < 1.29 is 32.5 Å². The third-order valence-corrected chi connectivity index (χ3v) is 4.86. The lowest BCUT2D eigenvalue weighted by Crippen LogP contribution is -2.37. The van der Waals surface area contributed by atoms with Crippen molar-refractivity contribution in [3.05, 3.63) is 48.1 Å². The zero-order chi connectivity index (χ0) is 24.9. The molecule has 0 unspecified atom stereocenters. The Bertz CT molecular complexity index is 1120. The summed E-state index contributed by atoms with van der Waals surface area (Å²) in [6.45, 7) is 4.94. The zero-order valence-corrected chi connectivity index (χ0v) is 19.4. The van der Waals surface area contributed by atoms with E-state index in [4.69, 9.17) is 18.9 Å². The summed E-state index contributed by atoms with van der Waals surface area (Å²) in [6, 6.07) is 1.12. The van der Waals surface area contributed by atoms with Gasteiger partial charge in [-0.25, -0.2) is 23.5 Å². The van der Waals surface area contributed by atoms with Crippen LogP contribution in [0.2, 0.25) is 0 Å². The Morgan fingerprint density at radius 3 is 2.26 bits per heavy atom. The molecule has 0 aliphatic heterocycles. The van der Waals surface area contributed by atoms with Gasteiger partial charge in [-0.1, -0.05) is 0 Å². The highest BCUT2D eigenvalue weighted by molar-refractivity contribution is 5.77. The molecule has 0 aliphatic carbocycles. The van der Waals surface area contributed by atoms with E-state index < -0.39 is 29.7 Å². The molecule has 0 saturated heterocycles. The molecular formula is C22H25F2N5O5. The van der Waals surface area contributed by atoms with Crippen LogP contribution in [0.15, 0.2) is 30.9 Å². The highest BCUT2D eigenvalue weighted by Crippen LogP contribution is 2.32. The van der Waals surface area contributed by atoms with Crippen molar-refractivity contribution in [2.45, 2.75) is 32.9 Å². The van der Waals surface area contributed by atoms with E-state index in [9.17, 15) is 13.6 Å². The van der Waals surface area contributed by atoms with Crippen molar-refractivity contribution in [2.24, 2.45) is 0 Å². The van der Waals surface area contributed by atoms with Crippen molar-refractivity contribution in [2.75, 3.05) is 26.1 Å². The third kappa shape index (κ3) is 5.16. The number of benzene rings is 1. The number of methoxy groups -OCH3 is 2. The van der Waals surface area contributed by atoms with Gasteiger partial charge in [0.15, 0.2) is 34.4 Å². The van der Waals surface area contributed by atoms with E-state index in [1.54, 1.807) is 27.0 Å². The number of nitrogens with one attached hydrogen (secondary N) is 1. The molecule has 0 aliphatic rings. The quantitative estimate of drug-likeness (QED) is 0.438. The number of halogens is 2. The maximum absolute atomic E-state index is 14.5. The first kappa shape index (κ1) is 24.7. The zero-order valence-electron chi connectivity index (χ0n) is 19.4. The standard InChI is InChI=1S/C22H25F2N5O5/c1-6-33-20(30)22(2,3)29-11-13(8-27-29)28-21-25-9-14(10-26-21)34-12-15-18(23)16(31-4)7-17(32-5)19(15)24/h7-11H,6,12H2,1-5H3,(H,25,26,28). The Hall–Kier alpha value is -3.96. The van der Waals surface area contributed by atoms with Crippen LogP contribution in [0.1, 0.15) is 26.3 Å². The SMILES string of the molecule is CCOC(=O)C(C)(C)n1cc(Nc2ncc(OCc3c(F)c(OC)cc(OC)c3F)cn2)cn1. The second-order valence-electron chi connectivity index (χ2n) is 7.50. The number of esters is 1. The lowest BCUT2D eigenvalue weighted by Gasteiger charge is -2.22. The van der Waals surface area contributed by atoms with Gasteiger partial charge in [0, 0.05) is 12.3 Å². The summed E-state index contributed by atoms with van der Waals surface area (Å²) in [5, 5.41) is 7.14. The molecule has 182 valence electrons. The number of hydrogen-bond donors (Lipinski definition) is 1. The van der Waals surface area contributed by atoms with E-state index in [0.29, 0.717) is 5.69 Å². The van der Waals surface area contributed by atoms with Gasteiger partial charge in [0.25, 0.3) is 0 Å². The smallest absolute Gasteiger partial charge is 0.333 e. The van der Waals surface area contributed by atoms with Crippen LogP contribution in [0.3, 0.4) is 0 Å². The number of hydrogen-bond acceptors (Lipinski definition) is 9. The van der Waals surface area contributed by atoms with Crippen molar-refractivity contribution in [3.63, 3.8) is 0 Å². The normalized spacial score (nSPS) is 11.1. The Morgan fingerprint density at radius 2 is 1.71 bits per heavy atom. The summed E-state index contributed by atoms with van der Waals surface area (Å²) in [4.78, 5) is 20.4. The molecule has 0 spiro atoms. The third-order valence-electron chi connectivity index (χ3n) is 4.86. The van der Waals surface area contributed by atoms with E-state index in [1.807, 2.05) is 0 Å². The monoisotopic (exact) mass is 477 g/mol. The number of carbonyl (C=O) groups is 1. The summed E-state index contributed by atoms with van der Waals surface area (Å²) in [6.07, 6.45) is 5.81. The number of aromatic nitrogens is 4. The lowest BCUT2D eigenvalue weighted by molar-refractivity contribution is -0.152. The van der Waals surface area contributed by atoms with Crippen LogP contribution in [0, 0.1) is 11.6 Å². The number of anilines is 2. The van der Waals surface area contributed by atoms with Crippen LogP contribution in [0.4, 0.5) is 20.4 Å². The molecule has 2 aromatic heterocycles. The second-order valence-corrected chi connectivity index (χ2v) is 7.50. The first-order chi connectivity index (χ1) is 16.2. The van der Waals surface area contributed by atoms with Crippen molar-refractivity contribution in [3.8, 4) is 17.2 Å². The van der Waals surface area contributed by atoms with Gasteiger partial charge in [-0.05, 0) is 20.8 Å². The molecule has 10 nitrogen and oxygen atoms in total. The molecule has 1 N–H and O–H groups in total. The number of carbonyl (C=O) groups excluding carboxylic acids is 1. The minimum atomic E-state index is -0.998. The van der Waals surface area contributed by atoms with Crippen molar-refractivity contribution in [1.29, 1.82) is 0 Å². The van der Waals surface area contributed by atoms with Gasteiger partial charge in [0.2, 0.25) is 5.95 Å². The van der Waals surface area contributed by atoms with E-state index >= 15 is 0 Å². The van der Waals surface area contributed by atoms with Crippen LogP contribution < -0.4 is 19.5 Å². The second kappa shape index (κ2) is 10.3. The van der Waals surface area contributed by atoms with Crippen molar-refractivity contribution >= 4 is 17.6 Å². The summed E-state index contributed by atoms with van der Waals surface area (Å²) < 4.78 is 50.7. The summed E-state index contributed by atoms with van der Waals surface area (Å²) >= 11 is 0. The van der Waals surface area contributed by atoms with Crippen LogP contribution >= 0.6 is 0 Å². The first-order valence-electron chi connectivity index (χ1n) is 10.2. The summed E-state index contributed by atoms with van der Waals surface area (Å²) in [5.74, 6) is -2.11. The number of nitrogens with zero attached hydrogens (tertiary/aromatic N) is 4. The molecule has 0 radical (unpaired) electrons. The van der Waals surface area contributed by atoms with E-state index in [0.717, 1.165) is 6.07 Å². The van der Waals surface area contributed by atoms with Crippen molar-refractivity contribution in [1.82, 2.24) is 19.7 Å². The molecule has 0 fully saturated rings. The van der Waals surface area contributed by atoms with E-state index in [1.165, 1.54) is 37.5 Å². The predicted octanol–water partition coefficient (Wildman–Crippen LogP) is 3.59. The maximum atomic E-state index is 14.5. The molecule has 3 aromatic rings. The molecule has 0 saturated carbocycles. The molecular weight excluding hydrogens is 452 g/mol. The van der Waals surface area contributed by atoms with Crippen LogP contribution in [0.25, 0.3) is 0 Å². The maximum Gasteiger partial charge on any atom is 0.333 e. The van der Waals surface area contributed by atoms with E-state index in [2.05, 4.69) is 20.4 Å². The highest BCUT2D eigenvalue weighted by atomic mass is 19.1. The minimum Gasteiger partial charge on any atom is -0.494 e. The number of rotatable bonds is 10. The molecule has 0 amide bonds. The van der Waals surface area contributed by atoms with Gasteiger partial charge < -0.3 is 24.3 Å². The predicted molar refractivity (Wildman–Crippen MR) is 117 cm³/mol. The minimum absolute atomic E-state index is 0.167. The Morgan fingerprint density at radius 1 is 1.09 bits per heavy atom. The average Bonchev–Trinajstić information content (AvgIpc) is 3.30. The Balaban J connectivity index is 1.67. The highest BCUT2D eigenvalue weighted by Gasteiger charge is 2.32. The molecule has 0 atom stereocenters. The molecule has 0 bridgehead atoms. The van der Waals surface area contributed by atoms with Gasteiger partial charge in [-0.2, -0.15) is 5.10 Å². The largest absolute Gasteiger partial charge is 0.494 e. The van der Waals surface area contributed by atoms with Crippen LogP contribution in [-0.4, -0.2) is 46.5 Å².